The Morgan fingerprint density at radius 2 is 1.71 bits per heavy atom. The maximum Gasteiger partial charge on any atom is 0.418 e. The van der Waals surface area contributed by atoms with E-state index < -0.39 is 11.7 Å². The number of hydrogen-bond donors (Lipinski definition) is 1. The topological polar surface area (TPSA) is 29.3 Å². The molecule has 2 aromatic rings. The molecule has 3 rings (SSSR count). The molecule has 2 aromatic carbocycles. The average Bonchev–Trinajstić information content (AvgIpc) is 2.46. The van der Waals surface area contributed by atoms with Crippen molar-refractivity contribution >= 4 is 11.4 Å². The number of benzene rings is 2. The molecule has 1 aliphatic rings. The van der Waals surface area contributed by atoms with Crippen LogP contribution in [0.5, 0.6) is 0 Å². The van der Waals surface area contributed by atoms with E-state index in [2.05, 4.69) is 0 Å². The lowest BCUT2D eigenvalue weighted by Gasteiger charge is -2.32. The first-order valence-corrected chi connectivity index (χ1v) is 6.73. The molecule has 0 amide bonds. The molecule has 5 heteroatoms. The number of nitrogens with two attached hydrogens (primary N) is 1. The van der Waals surface area contributed by atoms with E-state index in [0.717, 1.165) is 18.1 Å². The largest absolute Gasteiger partial charge is 0.418 e. The molecule has 0 saturated carbocycles. The summed E-state index contributed by atoms with van der Waals surface area (Å²) in [4.78, 5) is 1.77. The van der Waals surface area contributed by atoms with Gasteiger partial charge in [-0.15, -0.1) is 0 Å². The summed E-state index contributed by atoms with van der Waals surface area (Å²) < 4.78 is 39.6. The van der Waals surface area contributed by atoms with E-state index in [1.54, 1.807) is 4.90 Å². The minimum atomic E-state index is -4.40. The molecule has 0 radical (unpaired) electrons. The fraction of sp³-hybridized carbons (Fsp3) is 0.250. The highest BCUT2D eigenvalue weighted by atomic mass is 19.4. The van der Waals surface area contributed by atoms with E-state index in [-0.39, 0.29) is 11.4 Å². The van der Waals surface area contributed by atoms with Gasteiger partial charge >= 0.3 is 6.18 Å². The molecule has 0 saturated heterocycles. The fourth-order valence-corrected chi connectivity index (χ4v) is 2.76. The maximum absolute atomic E-state index is 13.2. The van der Waals surface area contributed by atoms with Crippen LogP contribution in [0.15, 0.2) is 42.5 Å². The quantitative estimate of drug-likeness (QED) is 0.809. The van der Waals surface area contributed by atoms with Crippen LogP contribution in [-0.2, 0) is 19.1 Å². The number of nitrogens with zero attached hydrogens (tertiary/aromatic N) is 1. The lowest BCUT2D eigenvalue weighted by Crippen LogP contribution is -2.32. The van der Waals surface area contributed by atoms with Gasteiger partial charge in [0.2, 0.25) is 0 Å². The summed E-state index contributed by atoms with van der Waals surface area (Å²) in [7, 11) is 0. The second-order valence-electron chi connectivity index (χ2n) is 5.21. The predicted octanol–water partition coefficient (Wildman–Crippen LogP) is 3.85. The minimum Gasteiger partial charge on any atom is -0.399 e. The zero-order valence-electron chi connectivity index (χ0n) is 11.3. The van der Waals surface area contributed by atoms with Crippen molar-refractivity contribution in [2.75, 3.05) is 17.2 Å². The lowest BCUT2D eigenvalue weighted by atomic mass is 9.98. The van der Waals surface area contributed by atoms with Gasteiger partial charge in [-0.3, -0.25) is 0 Å². The number of rotatable bonds is 1. The third-order valence-corrected chi connectivity index (χ3v) is 3.80. The van der Waals surface area contributed by atoms with E-state index >= 15 is 0 Å². The lowest BCUT2D eigenvalue weighted by molar-refractivity contribution is -0.137. The standard InChI is InChI=1S/C16H15F3N2/c17-16(18,19)14-9-13(20)5-6-15(14)21-8-7-11-3-1-2-4-12(11)10-21/h1-6,9H,7-8,10,20H2. The second-order valence-corrected chi connectivity index (χ2v) is 5.21. The number of hydrogen-bond acceptors (Lipinski definition) is 2. The monoisotopic (exact) mass is 292 g/mol. The third kappa shape index (κ3) is 2.68. The molecule has 0 aromatic heterocycles. The summed E-state index contributed by atoms with van der Waals surface area (Å²) in [5, 5.41) is 0. The van der Waals surface area contributed by atoms with Gasteiger partial charge in [0.25, 0.3) is 0 Å². The van der Waals surface area contributed by atoms with Gasteiger partial charge in [-0.05, 0) is 35.7 Å². The molecular weight excluding hydrogens is 277 g/mol. The molecule has 0 spiro atoms. The average molecular weight is 292 g/mol. The van der Waals surface area contributed by atoms with Gasteiger partial charge in [0.15, 0.2) is 0 Å². The van der Waals surface area contributed by atoms with Crippen LogP contribution >= 0.6 is 0 Å². The summed E-state index contributed by atoms with van der Waals surface area (Å²) in [6, 6.07) is 11.9. The van der Waals surface area contributed by atoms with Gasteiger partial charge in [-0.25, -0.2) is 0 Å². The van der Waals surface area contributed by atoms with Crippen LogP contribution in [0.1, 0.15) is 16.7 Å². The number of fused-ring (bicyclic) bond motifs is 1. The van der Waals surface area contributed by atoms with Crippen LogP contribution in [0, 0.1) is 0 Å². The minimum absolute atomic E-state index is 0.128. The van der Waals surface area contributed by atoms with E-state index in [0.29, 0.717) is 13.1 Å². The van der Waals surface area contributed by atoms with Crippen molar-refractivity contribution in [2.45, 2.75) is 19.1 Å². The van der Waals surface area contributed by atoms with Gasteiger partial charge in [0, 0.05) is 24.5 Å². The summed E-state index contributed by atoms with van der Waals surface area (Å²) >= 11 is 0. The first-order valence-electron chi connectivity index (χ1n) is 6.73. The third-order valence-electron chi connectivity index (χ3n) is 3.80. The van der Waals surface area contributed by atoms with E-state index in [9.17, 15) is 13.2 Å². The Bertz CT molecular complexity index is 665. The highest BCUT2D eigenvalue weighted by Gasteiger charge is 2.35. The van der Waals surface area contributed by atoms with Crippen molar-refractivity contribution in [1.82, 2.24) is 0 Å². The van der Waals surface area contributed by atoms with Crippen molar-refractivity contribution in [3.8, 4) is 0 Å². The van der Waals surface area contributed by atoms with Crippen LogP contribution in [0.3, 0.4) is 0 Å². The highest BCUT2D eigenvalue weighted by molar-refractivity contribution is 5.62. The van der Waals surface area contributed by atoms with Gasteiger partial charge in [0.05, 0.1) is 5.56 Å². The molecule has 110 valence electrons. The van der Waals surface area contributed by atoms with E-state index in [4.69, 9.17) is 5.73 Å². The van der Waals surface area contributed by atoms with Crippen LogP contribution in [0.2, 0.25) is 0 Å². The maximum atomic E-state index is 13.2. The summed E-state index contributed by atoms with van der Waals surface area (Å²) in [5.74, 6) is 0. The smallest absolute Gasteiger partial charge is 0.399 e. The predicted molar refractivity (Wildman–Crippen MR) is 77.1 cm³/mol. The number of anilines is 2. The normalized spacial score (nSPS) is 14.9. The first-order chi connectivity index (χ1) is 9.95. The highest BCUT2D eigenvalue weighted by Crippen LogP contribution is 2.39. The summed E-state index contributed by atoms with van der Waals surface area (Å²) in [6.45, 7) is 1.06. The number of alkyl halides is 3. The number of halogens is 3. The van der Waals surface area contributed by atoms with Crippen LogP contribution < -0.4 is 10.6 Å². The van der Waals surface area contributed by atoms with Crippen molar-refractivity contribution in [3.63, 3.8) is 0 Å². The molecule has 0 unspecified atom stereocenters. The van der Waals surface area contributed by atoms with Gasteiger partial charge in [-0.1, -0.05) is 24.3 Å². The Hall–Kier alpha value is -2.17. The Labute approximate surface area is 121 Å². The van der Waals surface area contributed by atoms with Crippen LogP contribution in [0.25, 0.3) is 0 Å². The fourth-order valence-electron chi connectivity index (χ4n) is 2.76. The molecule has 0 aliphatic carbocycles. The van der Waals surface area contributed by atoms with Gasteiger partial charge in [-0.2, -0.15) is 13.2 Å². The Morgan fingerprint density at radius 3 is 2.43 bits per heavy atom. The van der Waals surface area contributed by atoms with Crippen molar-refractivity contribution in [2.24, 2.45) is 0 Å². The Balaban J connectivity index is 1.99. The summed E-state index contributed by atoms with van der Waals surface area (Å²) in [5.41, 5.74) is 7.46. The molecule has 21 heavy (non-hydrogen) atoms. The molecule has 2 N–H and O–H groups in total. The van der Waals surface area contributed by atoms with Gasteiger partial charge in [0.1, 0.15) is 0 Å². The molecule has 0 atom stereocenters. The second kappa shape index (κ2) is 4.98. The van der Waals surface area contributed by atoms with Crippen LogP contribution in [0.4, 0.5) is 24.5 Å². The zero-order chi connectivity index (χ0) is 15.0. The Kier molecular flexibility index (Phi) is 3.27. The molecule has 0 bridgehead atoms. The van der Waals surface area contributed by atoms with E-state index in [1.807, 2.05) is 24.3 Å². The van der Waals surface area contributed by atoms with Crippen LogP contribution in [-0.4, -0.2) is 6.54 Å². The zero-order valence-corrected chi connectivity index (χ0v) is 11.3. The first kappa shape index (κ1) is 13.8. The molecule has 1 heterocycles. The SMILES string of the molecule is Nc1ccc(N2CCc3ccccc3C2)c(C(F)(F)F)c1. The van der Waals surface area contributed by atoms with Gasteiger partial charge < -0.3 is 10.6 Å². The van der Waals surface area contributed by atoms with Crippen molar-refractivity contribution in [1.29, 1.82) is 0 Å². The number of nitrogen functional groups attached to an aromatic ring is 1. The molecule has 1 aliphatic heterocycles. The molecule has 2 nitrogen and oxygen atoms in total. The Morgan fingerprint density at radius 1 is 1.00 bits per heavy atom. The van der Waals surface area contributed by atoms with Crippen molar-refractivity contribution < 1.29 is 13.2 Å². The molecule has 0 fully saturated rings. The van der Waals surface area contributed by atoms with Crippen molar-refractivity contribution in [3.05, 3.63) is 59.2 Å². The summed E-state index contributed by atoms with van der Waals surface area (Å²) in [6.07, 6.45) is -3.65. The molecular formula is C16H15F3N2. The van der Waals surface area contributed by atoms with E-state index in [1.165, 1.54) is 17.7 Å².